The van der Waals surface area contributed by atoms with E-state index in [1.54, 1.807) is 0 Å². The number of carbonyl (C=O) groups excluding carboxylic acids is 1. The normalized spacial score (nSPS) is 50.1. The number of rotatable bonds is 1. The van der Waals surface area contributed by atoms with E-state index in [-0.39, 0.29) is 10.8 Å². The zero-order chi connectivity index (χ0) is 17.1. The molecule has 4 aliphatic rings. The van der Waals surface area contributed by atoms with Crippen molar-refractivity contribution < 1.29 is 4.79 Å². The predicted octanol–water partition coefficient (Wildman–Crippen LogP) is 5.07. The molecular formula is C22H29NO. The molecule has 0 radical (unpaired) electrons. The zero-order valence-electron chi connectivity index (χ0n) is 15.1. The largest absolute Gasteiger partial charge is 0.295 e. The molecule has 0 N–H and O–H groups in total. The fourth-order valence-electron chi connectivity index (χ4n) is 6.98. The van der Waals surface area contributed by atoms with Gasteiger partial charge in [-0.2, -0.15) is 5.26 Å². The first-order valence-corrected chi connectivity index (χ1v) is 9.70. The molecule has 24 heavy (non-hydrogen) atoms. The van der Waals surface area contributed by atoms with Gasteiger partial charge in [-0.25, -0.2) is 0 Å². The number of ketones is 1. The molecule has 0 aromatic carbocycles. The van der Waals surface area contributed by atoms with Gasteiger partial charge in [0.05, 0.1) is 11.5 Å². The minimum absolute atomic E-state index is 0.149. The molecular weight excluding hydrogens is 294 g/mol. The smallest absolute Gasteiger partial charge is 0.155 e. The zero-order valence-corrected chi connectivity index (χ0v) is 15.1. The maximum Gasteiger partial charge on any atom is 0.155 e. The molecule has 2 heteroatoms. The lowest BCUT2D eigenvalue weighted by molar-refractivity contribution is -0.116. The summed E-state index contributed by atoms with van der Waals surface area (Å²) in [7, 11) is 0. The second kappa shape index (κ2) is 5.32. The highest BCUT2D eigenvalue weighted by Crippen LogP contribution is 2.68. The summed E-state index contributed by atoms with van der Waals surface area (Å²) in [6, 6.07) is 2.69. The highest BCUT2D eigenvalue weighted by atomic mass is 16.1. The van der Waals surface area contributed by atoms with Crippen LogP contribution >= 0.6 is 0 Å². The van der Waals surface area contributed by atoms with Gasteiger partial charge >= 0.3 is 0 Å². The SMILES string of the molecule is C=C[C@H]1CC2=CC(=O)CC[C@@H]2[C@H]2CC[C@@]3(C)[C@@H](CC[C@]3(C)C#N)[C@@H]21. The lowest BCUT2D eigenvalue weighted by Crippen LogP contribution is -2.51. The highest BCUT2D eigenvalue weighted by Gasteiger charge is 2.62. The number of fused-ring (bicyclic) bond motifs is 5. The van der Waals surface area contributed by atoms with E-state index in [1.165, 1.54) is 24.8 Å². The number of hydrogen-bond acceptors (Lipinski definition) is 2. The molecule has 0 heterocycles. The van der Waals surface area contributed by atoms with E-state index in [1.807, 2.05) is 6.08 Å². The summed E-state index contributed by atoms with van der Waals surface area (Å²) in [6.45, 7) is 8.74. The van der Waals surface area contributed by atoms with Crippen LogP contribution in [0.1, 0.15) is 58.8 Å². The number of nitrogens with zero attached hydrogens (tertiary/aromatic N) is 1. The Balaban J connectivity index is 1.73. The molecule has 0 aromatic heterocycles. The Kier molecular flexibility index (Phi) is 3.57. The first kappa shape index (κ1) is 16.1. The molecule has 128 valence electrons. The van der Waals surface area contributed by atoms with E-state index in [9.17, 15) is 10.1 Å². The van der Waals surface area contributed by atoms with Gasteiger partial charge in [0.2, 0.25) is 0 Å². The third kappa shape index (κ3) is 1.97. The van der Waals surface area contributed by atoms with E-state index in [0.717, 1.165) is 25.7 Å². The van der Waals surface area contributed by atoms with Crippen molar-refractivity contribution in [1.82, 2.24) is 0 Å². The number of allylic oxidation sites excluding steroid dienone is 2. The maximum atomic E-state index is 11.9. The maximum absolute atomic E-state index is 11.9. The molecule has 0 aliphatic heterocycles. The van der Waals surface area contributed by atoms with Crippen molar-refractivity contribution in [3.05, 3.63) is 24.3 Å². The molecule has 0 spiro atoms. The second-order valence-electron chi connectivity index (χ2n) is 9.22. The molecule has 0 saturated heterocycles. The molecule has 7 atom stereocenters. The van der Waals surface area contributed by atoms with Crippen LogP contribution in [0.4, 0.5) is 0 Å². The van der Waals surface area contributed by atoms with Gasteiger partial charge in [-0.3, -0.25) is 4.79 Å². The van der Waals surface area contributed by atoms with Crippen LogP contribution in [-0.2, 0) is 4.79 Å². The average molecular weight is 323 g/mol. The van der Waals surface area contributed by atoms with Gasteiger partial charge in [0.15, 0.2) is 5.78 Å². The molecule has 4 aliphatic carbocycles. The molecule has 0 unspecified atom stereocenters. The lowest BCUT2D eigenvalue weighted by atomic mass is 9.47. The summed E-state index contributed by atoms with van der Waals surface area (Å²) in [5.74, 6) is 3.41. The Hall–Kier alpha value is -1.36. The summed E-state index contributed by atoms with van der Waals surface area (Å²) in [4.78, 5) is 11.9. The summed E-state index contributed by atoms with van der Waals surface area (Å²) in [5, 5.41) is 9.85. The minimum Gasteiger partial charge on any atom is -0.295 e. The Morgan fingerprint density at radius 3 is 2.79 bits per heavy atom. The van der Waals surface area contributed by atoms with Crippen molar-refractivity contribution in [3.8, 4) is 6.07 Å². The quantitative estimate of drug-likeness (QED) is 0.632. The van der Waals surface area contributed by atoms with Crippen LogP contribution in [0, 0.1) is 51.8 Å². The second-order valence-corrected chi connectivity index (χ2v) is 9.22. The van der Waals surface area contributed by atoms with Crippen molar-refractivity contribution in [2.75, 3.05) is 0 Å². The van der Waals surface area contributed by atoms with Gasteiger partial charge < -0.3 is 0 Å². The lowest BCUT2D eigenvalue weighted by Gasteiger charge is -2.57. The standard InChI is InChI=1S/C22H29NO/c1-4-14-11-15-12-16(24)5-6-17(15)18-7-10-22(3)19(20(14)18)8-9-21(22,2)13-23/h4,12,14,17-20H,1,5-11H2,2-3H3/t14-,17-,18+,19-,20+,21+,22-/m0/s1. The minimum atomic E-state index is -0.174. The number of carbonyl (C=O) groups is 1. The van der Waals surface area contributed by atoms with E-state index in [2.05, 4.69) is 32.6 Å². The van der Waals surface area contributed by atoms with E-state index < -0.39 is 0 Å². The third-order valence-electron chi connectivity index (χ3n) is 8.55. The van der Waals surface area contributed by atoms with Crippen LogP contribution < -0.4 is 0 Å². The molecule has 0 amide bonds. The first-order chi connectivity index (χ1) is 11.4. The Bertz CT molecular complexity index is 655. The van der Waals surface area contributed by atoms with Crippen LogP contribution in [0.25, 0.3) is 0 Å². The van der Waals surface area contributed by atoms with Crippen molar-refractivity contribution in [2.45, 2.75) is 58.8 Å². The molecule has 3 fully saturated rings. The summed E-state index contributed by atoms with van der Waals surface area (Å²) < 4.78 is 0. The fraction of sp³-hybridized carbons (Fsp3) is 0.727. The molecule has 4 rings (SSSR count). The third-order valence-corrected chi connectivity index (χ3v) is 8.55. The highest BCUT2D eigenvalue weighted by molar-refractivity contribution is 5.91. The van der Waals surface area contributed by atoms with Crippen molar-refractivity contribution in [2.24, 2.45) is 40.4 Å². The van der Waals surface area contributed by atoms with E-state index in [4.69, 9.17) is 0 Å². The van der Waals surface area contributed by atoms with Crippen LogP contribution in [0.3, 0.4) is 0 Å². The van der Waals surface area contributed by atoms with Crippen LogP contribution in [-0.4, -0.2) is 5.78 Å². The van der Waals surface area contributed by atoms with Gasteiger partial charge in [0.1, 0.15) is 0 Å². The molecule has 2 nitrogen and oxygen atoms in total. The topological polar surface area (TPSA) is 40.9 Å². The predicted molar refractivity (Wildman–Crippen MR) is 94.9 cm³/mol. The van der Waals surface area contributed by atoms with Gasteiger partial charge in [0.25, 0.3) is 0 Å². The molecule has 0 bridgehead atoms. The Morgan fingerprint density at radius 2 is 2.08 bits per heavy atom. The van der Waals surface area contributed by atoms with Crippen LogP contribution in [0.15, 0.2) is 24.3 Å². The van der Waals surface area contributed by atoms with Gasteiger partial charge in [-0.15, -0.1) is 6.58 Å². The number of hydrogen-bond donors (Lipinski definition) is 0. The van der Waals surface area contributed by atoms with Crippen LogP contribution in [0.5, 0.6) is 0 Å². The van der Waals surface area contributed by atoms with Gasteiger partial charge in [-0.05, 0) is 86.5 Å². The van der Waals surface area contributed by atoms with E-state index >= 15 is 0 Å². The molecule has 0 aromatic rings. The summed E-state index contributed by atoms with van der Waals surface area (Å²) in [5.41, 5.74) is 1.38. The first-order valence-electron chi connectivity index (χ1n) is 9.70. The Labute approximate surface area is 146 Å². The average Bonchev–Trinajstić information content (AvgIpc) is 2.85. The fourth-order valence-corrected chi connectivity index (χ4v) is 6.98. The van der Waals surface area contributed by atoms with Gasteiger partial charge in [0, 0.05) is 6.42 Å². The Morgan fingerprint density at radius 1 is 1.29 bits per heavy atom. The van der Waals surface area contributed by atoms with E-state index in [0.29, 0.717) is 35.4 Å². The van der Waals surface area contributed by atoms with Crippen molar-refractivity contribution >= 4 is 5.78 Å². The van der Waals surface area contributed by atoms with Crippen LogP contribution in [0.2, 0.25) is 0 Å². The van der Waals surface area contributed by atoms with Crippen molar-refractivity contribution in [3.63, 3.8) is 0 Å². The summed E-state index contributed by atoms with van der Waals surface area (Å²) in [6.07, 6.45) is 11.5. The summed E-state index contributed by atoms with van der Waals surface area (Å²) >= 11 is 0. The monoisotopic (exact) mass is 323 g/mol. The van der Waals surface area contributed by atoms with Crippen molar-refractivity contribution in [1.29, 1.82) is 5.26 Å². The van der Waals surface area contributed by atoms with Gasteiger partial charge in [-0.1, -0.05) is 18.6 Å². The number of nitriles is 1. The molecule has 3 saturated carbocycles.